The highest BCUT2D eigenvalue weighted by Crippen LogP contribution is 2.30. The largest absolute Gasteiger partial charge is 0.507 e. The molecule has 6 heteroatoms. The molecule has 0 atom stereocenters. The predicted molar refractivity (Wildman–Crippen MR) is 114 cm³/mol. The lowest BCUT2D eigenvalue weighted by Crippen LogP contribution is -2.11. The van der Waals surface area contributed by atoms with Crippen molar-refractivity contribution < 1.29 is 19.8 Å². The van der Waals surface area contributed by atoms with Crippen molar-refractivity contribution in [2.45, 2.75) is 32.7 Å². The number of fused-ring (bicyclic) bond motifs is 1. The third kappa shape index (κ3) is 4.51. The first-order valence-corrected chi connectivity index (χ1v) is 9.50. The Kier molecular flexibility index (Phi) is 5.53. The maximum absolute atomic E-state index is 11.5. The van der Waals surface area contributed by atoms with Crippen molar-refractivity contribution in [2.75, 3.05) is 0 Å². The fourth-order valence-corrected chi connectivity index (χ4v) is 3.35. The molecule has 0 spiro atoms. The zero-order valence-corrected chi connectivity index (χ0v) is 17.2. The van der Waals surface area contributed by atoms with Gasteiger partial charge in [-0.05, 0) is 34.7 Å². The minimum atomic E-state index is -1.63. The number of benzene rings is 2. The van der Waals surface area contributed by atoms with Crippen LogP contribution in [0.4, 0.5) is 0 Å². The topological polar surface area (TPSA) is 79.5 Å². The molecule has 150 valence electrons. The number of aliphatic carboxylic acids is 1. The smallest absolute Gasteiger partial charge is 0.376 e. The molecule has 0 aliphatic heterocycles. The van der Waals surface area contributed by atoms with Gasteiger partial charge in [0.05, 0.1) is 0 Å². The number of halogens is 1. The zero-order valence-electron chi connectivity index (χ0n) is 16.4. The molecule has 0 aliphatic rings. The number of nitrogens with zero attached hydrogens (tertiary/aromatic N) is 1. The first kappa shape index (κ1) is 20.7. The number of carboxylic acids is 1. The van der Waals surface area contributed by atoms with Gasteiger partial charge >= 0.3 is 5.97 Å². The number of aromatic nitrogens is 1. The Morgan fingerprint density at radius 3 is 2.31 bits per heavy atom. The Labute approximate surface area is 173 Å². The lowest BCUT2D eigenvalue weighted by molar-refractivity contribution is -0.146. The fourth-order valence-electron chi connectivity index (χ4n) is 3.17. The number of aliphatic hydroxyl groups is 1. The second kappa shape index (κ2) is 7.76. The SMILES string of the molecule is CC(C)(C)c1ccc(Cn2cc(C(O)=CC(=O)C(=O)O)c3cc(Cl)ccc32)cc1. The van der Waals surface area contributed by atoms with Crippen LogP contribution < -0.4 is 0 Å². The zero-order chi connectivity index (χ0) is 21.3. The number of carbonyl (C=O) groups is 2. The standard InChI is InChI=1S/C23H22ClNO4/c1-23(2,3)15-6-4-14(5-7-15)12-25-13-18(20(26)11-21(27)22(28)29)17-10-16(24)8-9-19(17)25/h4-11,13,26H,12H2,1-3H3,(H,28,29). The summed E-state index contributed by atoms with van der Waals surface area (Å²) in [7, 11) is 0. The molecule has 3 aromatic rings. The van der Waals surface area contributed by atoms with Gasteiger partial charge < -0.3 is 14.8 Å². The molecular weight excluding hydrogens is 390 g/mol. The third-order valence-electron chi connectivity index (χ3n) is 4.77. The van der Waals surface area contributed by atoms with Crippen molar-refractivity contribution in [3.05, 3.63) is 76.5 Å². The molecule has 5 nitrogen and oxygen atoms in total. The van der Waals surface area contributed by atoms with Crippen molar-refractivity contribution in [3.63, 3.8) is 0 Å². The lowest BCUT2D eigenvalue weighted by Gasteiger charge is -2.19. The molecule has 0 saturated heterocycles. The molecule has 0 radical (unpaired) electrons. The van der Waals surface area contributed by atoms with Gasteiger partial charge in [-0.1, -0.05) is 56.6 Å². The highest BCUT2D eigenvalue weighted by molar-refractivity contribution is 6.38. The number of carbonyl (C=O) groups excluding carboxylic acids is 1. The van der Waals surface area contributed by atoms with E-state index in [1.807, 2.05) is 10.6 Å². The summed E-state index contributed by atoms with van der Waals surface area (Å²) in [6.07, 6.45) is 2.40. The van der Waals surface area contributed by atoms with E-state index in [0.717, 1.165) is 11.1 Å². The van der Waals surface area contributed by atoms with Crippen molar-refractivity contribution in [3.8, 4) is 0 Å². The van der Waals surface area contributed by atoms with Crippen molar-refractivity contribution >= 4 is 40.0 Å². The van der Waals surface area contributed by atoms with Crippen molar-refractivity contribution in [1.82, 2.24) is 4.57 Å². The normalized spacial score (nSPS) is 12.3. The molecule has 0 saturated carbocycles. The van der Waals surface area contributed by atoms with Crippen LogP contribution in [0.5, 0.6) is 0 Å². The number of carboxylic acid groups (broad SMARTS) is 1. The van der Waals surface area contributed by atoms with Crippen LogP contribution in [0.15, 0.2) is 54.7 Å². The van der Waals surface area contributed by atoms with E-state index in [2.05, 4.69) is 45.0 Å². The Hall–Kier alpha value is -3.05. The lowest BCUT2D eigenvalue weighted by atomic mass is 9.87. The van der Waals surface area contributed by atoms with Crippen LogP contribution in [0.3, 0.4) is 0 Å². The minimum absolute atomic E-state index is 0.0653. The van der Waals surface area contributed by atoms with Gasteiger partial charge in [0.25, 0.3) is 5.78 Å². The van der Waals surface area contributed by atoms with E-state index in [0.29, 0.717) is 28.6 Å². The van der Waals surface area contributed by atoms with Crippen LogP contribution in [0.1, 0.15) is 37.5 Å². The second-order valence-corrected chi connectivity index (χ2v) is 8.41. The first-order valence-electron chi connectivity index (χ1n) is 9.12. The van der Waals surface area contributed by atoms with E-state index in [1.54, 1.807) is 18.3 Å². The average molecular weight is 412 g/mol. The molecule has 1 aromatic heterocycles. The number of hydrogen-bond acceptors (Lipinski definition) is 3. The van der Waals surface area contributed by atoms with Crippen LogP contribution in [0.2, 0.25) is 5.02 Å². The minimum Gasteiger partial charge on any atom is -0.507 e. The summed E-state index contributed by atoms with van der Waals surface area (Å²) >= 11 is 6.11. The van der Waals surface area contributed by atoms with Crippen LogP contribution in [0.25, 0.3) is 16.7 Å². The summed E-state index contributed by atoms with van der Waals surface area (Å²) in [5.41, 5.74) is 3.53. The summed E-state index contributed by atoms with van der Waals surface area (Å²) in [6, 6.07) is 13.6. The maximum Gasteiger partial charge on any atom is 0.376 e. The summed E-state index contributed by atoms with van der Waals surface area (Å²) in [6.45, 7) is 7.02. The summed E-state index contributed by atoms with van der Waals surface area (Å²) < 4.78 is 1.93. The molecule has 0 unspecified atom stereocenters. The van der Waals surface area contributed by atoms with Crippen LogP contribution in [0, 0.1) is 0 Å². The molecule has 0 bridgehead atoms. The average Bonchev–Trinajstić information content (AvgIpc) is 2.99. The number of aliphatic hydroxyl groups excluding tert-OH is 1. The molecule has 0 amide bonds. The van der Waals surface area contributed by atoms with Gasteiger partial charge in [-0.25, -0.2) is 4.79 Å². The molecule has 0 aliphatic carbocycles. The molecule has 29 heavy (non-hydrogen) atoms. The van der Waals surface area contributed by atoms with Gasteiger partial charge in [0, 0.05) is 40.3 Å². The summed E-state index contributed by atoms with van der Waals surface area (Å²) in [5.74, 6) is -3.23. The van der Waals surface area contributed by atoms with E-state index in [1.165, 1.54) is 5.56 Å². The van der Waals surface area contributed by atoms with Crippen LogP contribution in [-0.2, 0) is 21.5 Å². The first-order chi connectivity index (χ1) is 13.6. The van der Waals surface area contributed by atoms with E-state index < -0.39 is 17.5 Å². The van der Waals surface area contributed by atoms with E-state index in [9.17, 15) is 14.7 Å². The summed E-state index contributed by atoms with van der Waals surface area (Å²) in [5, 5.41) is 20.2. The highest BCUT2D eigenvalue weighted by atomic mass is 35.5. The van der Waals surface area contributed by atoms with E-state index in [4.69, 9.17) is 16.7 Å². The molecule has 3 rings (SSSR count). The highest BCUT2D eigenvalue weighted by Gasteiger charge is 2.17. The quantitative estimate of drug-likeness (QED) is 0.344. The van der Waals surface area contributed by atoms with Crippen molar-refractivity contribution in [1.29, 1.82) is 0 Å². The summed E-state index contributed by atoms with van der Waals surface area (Å²) in [4.78, 5) is 22.3. The van der Waals surface area contributed by atoms with Gasteiger partial charge in [-0.3, -0.25) is 4.79 Å². The maximum atomic E-state index is 11.5. The molecule has 1 heterocycles. The molecule has 2 N–H and O–H groups in total. The fraction of sp³-hybridized carbons (Fsp3) is 0.217. The van der Waals surface area contributed by atoms with E-state index >= 15 is 0 Å². The number of rotatable bonds is 5. The van der Waals surface area contributed by atoms with Gasteiger partial charge in [0.2, 0.25) is 0 Å². The van der Waals surface area contributed by atoms with Gasteiger partial charge in [0.15, 0.2) is 0 Å². The molecule has 2 aromatic carbocycles. The monoisotopic (exact) mass is 411 g/mol. The van der Waals surface area contributed by atoms with Crippen LogP contribution >= 0.6 is 11.6 Å². The Morgan fingerprint density at radius 1 is 1.07 bits per heavy atom. The second-order valence-electron chi connectivity index (χ2n) is 7.98. The Balaban J connectivity index is 2.03. The number of ketones is 1. The third-order valence-corrected chi connectivity index (χ3v) is 5.01. The molecular formula is C23H22ClNO4. The molecule has 0 fully saturated rings. The van der Waals surface area contributed by atoms with Crippen molar-refractivity contribution in [2.24, 2.45) is 0 Å². The van der Waals surface area contributed by atoms with E-state index in [-0.39, 0.29) is 5.41 Å². The van der Waals surface area contributed by atoms with Gasteiger partial charge in [-0.2, -0.15) is 0 Å². The predicted octanol–water partition coefficient (Wildman–Crippen LogP) is 5.19. The Bertz CT molecular complexity index is 1120. The van der Waals surface area contributed by atoms with Crippen LogP contribution in [-0.4, -0.2) is 26.5 Å². The van der Waals surface area contributed by atoms with Gasteiger partial charge in [-0.15, -0.1) is 0 Å². The Morgan fingerprint density at radius 2 is 1.72 bits per heavy atom. The number of hydrogen-bond donors (Lipinski definition) is 2. The van der Waals surface area contributed by atoms with Gasteiger partial charge in [0.1, 0.15) is 5.76 Å².